The van der Waals surface area contributed by atoms with Gasteiger partial charge in [-0.3, -0.25) is 4.90 Å². The minimum absolute atomic E-state index is 0.174. The number of halogens is 1. The molecule has 2 aromatic carbocycles. The Morgan fingerprint density at radius 2 is 1.96 bits per heavy atom. The fraction of sp³-hybridized carbons (Fsp3) is 0.429. The van der Waals surface area contributed by atoms with E-state index in [1.54, 1.807) is 0 Å². The van der Waals surface area contributed by atoms with Crippen molar-refractivity contribution in [1.82, 2.24) is 4.90 Å². The molecule has 2 nitrogen and oxygen atoms in total. The van der Waals surface area contributed by atoms with Gasteiger partial charge in [0.1, 0.15) is 5.75 Å². The van der Waals surface area contributed by atoms with Crippen LogP contribution in [0, 0.1) is 5.92 Å². The number of rotatable bonds is 2. The Bertz CT molecular complexity index is 757. The van der Waals surface area contributed by atoms with E-state index >= 15 is 0 Å². The average molecular weight is 386 g/mol. The number of fused-ring (bicyclic) bond motifs is 4. The largest absolute Gasteiger partial charge is 0.508 e. The maximum atomic E-state index is 9.94. The Kier molecular flexibility index (Phi) is 3.97. The van der Waals surface area contributed by atoms with Crippen LogP contribution in [0.1, 0.15) is 37.0 Å². The molecule has 126 valence electrons. The number of benzene rings is 2. The van der Waals surface area contributed by atoms with Crippen molar-refractivity contribution in [3.05, 3.63) is 63.6 Å². The fourth-order valence-electron chi connectivity index (χ4n) is 4.72. The Hall–Kier alpha value is -1.32. The SMILES string of the molecule is C[C@@H]1[C@@H]2Cc3ccc(O)cc3[C@@]1(C)CCN2Cc1ccc(Br)cc1. The van der Waals surface area contributed by atoms with Gasteiger partial charge in [-0.1, -0.05) is 48.0 Å². The summed E-state index contributed by atoms with van der Waals surface area (Å²) in [4.78, 5) is 2.66. The minimum atomic E-state index is 0.174. The summed E-state index contributed by atoms with van der Waals surface area (Å²) in [6.07, 6.45) is 2.24. The zero-order valence-electron chi connectivity index (χ0n) is 14.3. The molecule has 0 spiro atoms. The van der Waals surface area contributed by atoms with Crippen molar-refractivity contribution < 1.29 is 5.11 Å². The lowest BCUT2D eigenvalue weighted by Crippen LogP contribution is -2.57. The number of hydrogen-bond acceptors (Lipinski definition) is 2. The molecule has 1 aliphatic heterocycles. The summed E-state index contributed by atoms with van der Waals surface area (Å²) in [5.41, 5.74) is 4.34. The first-order valence-electron chi connectivity index (χ1n) is 8.78. The standard InChI is InChI=1S/C21H24BrNO/c1-14-20-11-16-5-8-18(24)12-19(16)21(14,2)9-10-23(20)13-15-3-6-17(22)7-4-15/h3-8,12,14,20,24H,9-11,13H2,1-2H3/t14-,20+,21+/m1/s1. The second-order valence-electron chi connectivity index (χ2n) is 7.67. The smallest absolute Gasteiger partial charge is 0.115 e. The Morgan fingerprint density at radius 3 is 2.71 bits per heavy atom. The van der Waals surface area contributed by atoms with Crippen LogP contribution in [0.2, 0.25) is 0 Å². The molecule has 0 radical (unpaired) electrons. The van der Waals surface area contributed by atoms with Crippen LogP contribution in [0.5, 0.6) is 5.75 Å². The Morgan fingerprint density at radius 1 is 1.21 bits per heavy atom. The molecule has 1 fully saturated rings. The minimum Gasteiger partial charge on any atom is -0.508 e. The molecule has 0 amide bonds. The molecule has 2 aromatic rings. The van der Waals surface area contributed by atoms with E-state index in [0.29, 0.717) is 17.7 Å². The number of likely N-dealkylation sites (tertiary alicyclic amines) is 1. The first kappa shape index (κ1) is 16.2. The molecule has 0 saturated carbocycles. The first-order valence-corrected chi connectivity index (χ1v) is 9.57. The summed E-state index contributed by atoms with van der Waals surface area (Å²) in [5, 5.41) is 9.94. The highest BCUT2D eigenvalue weighted by Gasteiger charge is 2.48. The number of hydrogen-bond donors (Lipinski definition) is 1. The summed E-state index contributed by atoms with van der Waals surface area (Å²) in [7, 11) is 0. The van der Waals surface area contributed by atoms with Crippen molar-refractivity contribution in [2.45, 2.75) is 44.7 Å². The van der Waals surface area contributed by atoms with Gasteiger partial charge in [-0.15, -0.1) is 0 Å². The van der Waals surface area contributed by atoms with Gasteiger partial charge in [0, 0.05) is 17.1 Å². The molecule has 1 aliphatic carbocycles. The zero-order chi connectivity index (χ0) is 16.9. The van der Waals surface area contributed by atoms with Gasteiger partial charge < -0.3 is 5.11 Å². The van der Waals surface area contributed by atoms with E-state index in [0.717, 1.165) is 30.4 Å². The second kappa shape index (κ2) is 5.89. The number of piperidine rings is 1. The molecule has 2 aliphatic rings. The van der Waals surface area contributed by atoms with Gasteiger partial charge in [0.05, 0.1) is 0 Å². The molecule has 1 heterocycles. The van der Waals surface area contributed by atoms with E-state index < -0.39 is 0 Å². The maximum Gasteiger partial charge on any atom is 0.115 e. The Balaban J connectivity index is 1.65. The van der Waals surface area contributed by atoms with Crippen LogP contribution in [0.4, 0.5) is 0 Å². The van der Waals surface area contributed by atoms with Crippen molar-refractivity contribution in [2.24, 2.45) is 5.92 Å². The molecular weight excluding hydrogens is 362 g/mol. The van der Waals surface area contributed by atoms with E-state index in [-0.39, 0.29) is 5.41 Å². The molecule has 0 aromatic heterocycles. The third kappa shape index (κ3) is 2.58. The van der Waals surface area contributed by atoms with Gasteiger partial charge in [-0.25, -0.2) is 0 Å². The molecule has 4 rings (SSSR count). The third-order valence-electron chi connectivity index (χ3n) is 6.41. The Labute approximate surface area is 152 Å². The number of aromatic hydroxyl groups is 1. The van der Waals surface area contributed by atoms with E-state index in [2.05, 4.69) is 65.0 Å². The summed E-state index contributed by atoms with van der Waals surface area (Å²) < 4.78 is 1.14. The van der Waals surface area contributed by atoms with Crippen molar-refractivity contribution in [1.29, 1.82) is 0 Å². The van der Waals surface area contributed by atoms with Crippen molar-refractivity contribution in [3.63, 3.8) is 0 Å². The highest BCUT2D eigenvalue weighted by Crippen LogP contribution is 2.49. The lowest BCUT2D eigenvalue weighted by Gasteiger charge is -2.54. The maximum absolute atomic E-state index is 9.94. The van der Waals surface area contributed by atoms with E-state index in [9.17, 15) is 5.11 Å². The van der Waals surface area contributed by atoms with Gasteiger partial charge >= 0.3 is 0 Å². The van der Waals surface area contributed by atoms with Crippen LogP contribution < -0.4 is 0 Å². The van der Waals surface area contributed by atoms with Crippen LogP contribution in [0.15, 0.2) is 46.9 Å². The van der Waals surface area contributed by atoms with Crippen molar-refractivity contribution in [3.8, 4) is 5.75 Å². The van der Waals surface area contributed by atoms with Crippen LogP contribution in [-0.4, -0.2) is 22.6 Å². The lowest BCUT2D eigenvalue weighted by atomic mass is 9.59. The van der Waals surface area contributed by atoms with Gasteiger partial charge in [0.2, 0.25) is 0 Å². The number of phenols is 1. The molecule has 2 bridgehead atoms. The summed E-state index contributed by atoms with van der Waals surface area (Å²) in [5.74, 6) is 0.994. The predicted octanol–water partition coefficient (Wildman–Crippen LogP) is 4.88. The van der Waals surface area contributed by atoms with Crippen LogP contribution in [0.3, 0.4) is 0 Å². The highest BCUT2D eigenvalue weighted by atomic mass is 79.9. The number of phenolic OH excluding ortho intramolecular Hbond substituents is 1. The van der Waals surface area contributed by atoms with E-state index in [4.69, 9.17) is 0 Å². The van der Waals surface area contributed by atoms with Gasteiger partial charge in [-0.2, -0.15) is 0 Å². The zero-order valence-corrected chi connectivity index (χ0v) is 15.9. The molecule has 1 saturated heterocycles. The molecular formula is C21H24BrNO. The molecule has 24 heavy (non-hydrogen) atoms. The molecule has 3 atom stereocenters. The molecule has 3 heteroatoms. The quantitative estimate of drug-likeness (QED) is 0.795. The normalized spacial score (nSPS) is 29.3. The van der Waals surface area contributed by atoms with E-state index in [1.807, 2.05) is 12.1 Å². The molecule has 0 unspecified atom stereocenters. The third-order valence-corrected chi connectivity index (χ3v) is 6.93. The van der Waals surface area contributed by atoms with Crippen LogP contribution >= 0.6 is 15.9 Å². The van der Waals surface area contributed by atoms with E-state index in [1.165, 1.54) is 16.7 Å². The van der Waals surface area contributed by atoms with Crippen LogP contribution in [-0.2, 0) is 18.4 Å². The van der Waals surface area contributed by atoms with Crippen LogP contribution in [0.25, 0.3) is 0 Å². The van der Waals surface area contributed by atoms with Crippen molar-refractivity contribution in [2.75, 3.05) is 6.54 Å². The van der Waals surface area contributed by atoms with Gasteiger partial charge in [0.15, 0.2) is 0 Å². The fourth-order valence-corrected chi connectivity index (χ4v) is 4.98. The topological polar surface area (TPSA) is 23.5 Å². The second-order valence-corrected chi connectivity index (χ2v) is 8.58. The lowest BCUT2D eigenvalue weighted by molar-refractivity contribution is 0.0258. The summed E-state index contributed by atoms with van der Waals surface area (Å²) >= 11 is 3.52. The average Bonchev–Trinajstić information content (AvgIpc) is 2.56. The van der Waals surface area contributed by atoms with Crippen molar-refractivity contribution >= 4 is 15.9 Å². The molecule has 1 N–H and O–H groups in total. The highest BCUT2D eigenvalue weighted by molar-refractivity contribution is 9.10. The van der Waals surface area contributed by atoms with Gasteiger partial charge in [0.25, 0.3) is 0 Å². The van der Waals surface area contributed by atoms with Gasteiger partial charge in [-0.05, 0) is 71.7 Å². The first-order chi connectivity index (χ1) is 11.5. The number of nitrogens with zero attached hydrogens (tertiary/aromatic N) is 1. The monoisotopic (exact) mass is 385 g/mol. The predicted molar refractivity (Wildman–Crippen MR) is 101 cm³/mol. The summed E-state index contributed by atoms with van der Waals surface area (Å²) in [6, 6.07) is 15.3. The summed E-state index contributed by atoms with van der Waals surface area (Å²) in [6.45, 7) is 6.92.